The number of nitrogens with two attached hydrogens (primary N) is 1. The van der Waals surface area contributed by atoms with Crippen molar-refractivity contribution in [3.63, 3.8) is 0 Å². The Balaban J connectivity index is 3.38. The molecule has 0 saturated carbocycles. The monoisotopic (exact) mass is 177 g/mol. The van der Waals surface area contributed by atoms with Gasteiger partial charge in [-0.15, -0.1) is 0 Å². The summed E-state index contributed by atoms with van der Waals surface area (Å²) in [5.41, 5.74) is 5.35. The molecule has 1 atom stereocenters. The summed E-state index contributed by atoms with van der Waals surface area (Å²) in [5, 5.41) is 9.48. The first-order valence-corrected chi connectivity index (χ1v) is 5.04. The Kier molecular flexibility index (Phi) is 5.13. The van der Waals surface area contributed by atoms with Crippen molar-refractivity contribution in [1.29, 1.82) is 0 Å². The van der Waals surface area contributed by atoms with E-state index in [0.717, 1.165) is 12.2 Å². The van der Waals surface area contributed by atoms with E-state index in [1.54, 1.807) is 0 Å². The topological polar surface area (TPSA) is 46.2 Å². The molecule has 0 aromatic heterocycles. The summed E-state index contributed by atoms with van der Waals surface area (Å²) in [4.78, 5) is 0. The van der Waals surface area contributed by atoms with E-state index in [4.69, 9.17) is 10.8 Å². The van der Waals surface area contributed by atoms with Gasteiger partial charge in [0.25, 0.3) is 0 Å². The van der Waals surface area contributed by atoms with Gasteiger partial charge in [0.2, 0.25) is 0 Å². The first kappa shape index (κ1) is 11.3. The van der Waals surface area contributed by atoms with Crippen molar-refractivity contribution in [3.05, 3.63) is 0 Å². The van der Waals surface area contributed by atoms with E-state index in [-0.39, 0.29) is 12.1 Å². The SMILES string of the molecule is CC(C)SCCC(C)(N)CO. The first-order chi connectivity index (χ1) is 4.98. The van der Waals surface area contributed by atoms with Gasteiger partial charge in [0.05, 0.1) is 6.61 Å². The third kappa shape index (κ3) is 6.66. The predicted molar refractivity (Wildman–Crippen MR) is 51.9 cm³/mol. The Hall–Kier alpha value is 0.270. The lowest BCUT2D eigenvalue weighted by Crippen LogP contribution is -2.40. The molecule has 2 nitrogen and oxygen atoms in total. The maximum Gasteiger partial charge on any atom is 0.0608 e. The van der Waals surface area contributed by atoms with Crippen LogP contribution in [0.25, 0.3) is 0 Å². The fourth-order valence-electron chi connectivity index (χ4n) is 0.607. The van der Waals surface area contributed by atoms with Crippen molar-refractivity contribution in [1.82, 2.24) is 0 Å². The zero-order valence-electron chi connectivity index (χ0n) is 7.63. The summed E-state index contributed by atoms with van der Waals surface area (Å²) >= 11 is 1.88. The molecule has 0 aliphatic rings. The molecule has 3 heteroatoms. The van der Waals surface area contributed by atoms with E-state index >= 15 is 0 Å². The van der Waals surface area contributed by atoms with Gasteiger partial charge in [0.15, 0.2) is 0 Å². The summed E-state index contributed by atoms with van der Waals surface area (Å²) in [6, 6.07) is 0. The lowest BCUT2D eigenvalue weighted by atomic mass is 10.0. The zero-order chi connectivity index (χ0) is 8.91. The van der Waals surface area contributed by atoms with E-state index in [1.807, 2.05) is 18.7 Å². The van der Waals surface area contributed by atoms with Gasteiger partial charge >= 0.3 is 0 Å². The number of hydrogen-bond donors (Lipinski definition) is 2. The average molecular weight is 177 g/mol. The summed E-state index contributed by atoms with van der Waals surface area (Å²) in [7, 11) is 0. The van der Waals surface area contributed by atoms with E-state index in [2.05, 4.69) is 13.8 Å². The second-order valence-electron chi connectivity index (χ2n) is 3.48. The normalized spacial score (nSPS) is 16.9. The largest absolute Gasteiger partial charge is 0.394 e. The zero-order valence-corrected chi connectivity index (χ0v) is 8.45. The standard InChI is InChI=1S/C8H19NOS/c1-7(2)11-5-4-8(3,9)6-10/h7,10H,4-6,9H2,1-3H3. The number of thioether (sulfide) groups is 1. The summed E-state index contributed by atoms with van der Waals surface area (Å²) in [6.07, 6.45) is 0.881. The van der Waals surface area contributed by atoms with Crippen LogP contribution in [0, 0.1) is 0 Å². The highest BCUT2D eigenvalue weighted by atomic mass is 32.2. The van der Waals surface area contributed by atoms with Gasteiger partial charge in [-0.05, 0) is 24.3 Å². The van der Waals surface area contributed by atoms with Crippen LogP contribution in [-0.4, -0.2) is 28.3 Å². The minimum Gasteiger partial charge on any atom is -0.394 e. The second kappa shape index (κ2) is 5.01. The lowest BCUT2D eigenvalue weighted by molar-refractivity contribution is 0.206. The van der Waals surface area contributed by atoms with Crippen LogP contribution in [0.2, 0.25) is 0 Å². The molecule has 68 valence electrons. The predicted octanol–water partition coefficient (Wildman–Crippen LogP) is 1.23. The number of aliphatic hydroxyl groups is 1. The Morgan fingerprint density at radius 3 is 2.45 bits per heavy atom. The van der Waals surface area contributed by atoms with Gasteiger partial charge in [-0.2, -0.15) is 11.8 Å². The molecule has 3 N–H and O–H groups in total. The molecule has 0 aliphatic heterocycles. The molecule has 0 amide bonds. The number of aliphatic hydroxyl groups excluding tert-OH is 1. The number of rotatable bonds is 5. The molecular weight excluding hydrogens is 158 g/mol. The molecule has 0 radical (unpaired) electrons. The maximum absolute atomic E-state index is 8.83. The van der Waals surface area contributed by atoms with Crippen molar-refractivity contribution in [3.8, 4) is 0 Å². The van der Waals surface area contributed by atoms with E-state index in [1.165, 1.54) is 0 Å². The summed E-state index contributed by atoms with van der Waals surface area (Å²) < 4.78 is 0. The Morgan fingerprint density at radius 2 is 2.09 bits per heavy atom. The third-order valence-corrected chi connectivity index (χ3v) is 2.59. The molecule has 0 rings (SSSR count). The molecule has 1 unspecified atom stereocenters. The molecular formula is C8H19NOS. The van der Waals surface area contributed by atoms with Crippen molar-refractivity contribution >= 4 is 11.8 Å². The summed E-state index contributed by atoms with van der Waals surface area (Å²) in [5.74, 6) is 1.03. The maximum atomic E-state index is 8.83. The van der Waals surface area contributed by atoms with Crippen LogP contribution in [0.3, 0.4) is 0 Å². The van der Waals surface area contributed by atoms with Crippen LogP contribution in [0.5, 0.6) is 0 Å². The molecule has 0 aromatic rings. The molecule has 0 aromatic carbocycles. The smallest absolute Gasteiger partial charge is 0.0608 e. The minimum absolute atomic E-state index is 0.0751. The van der Waals surface area contributed by atoms with Gasteiger partial charge in [-0.25, -0.2) is 0 Å². The fraction of sp³-hybridized carbons (Fsp3) is 1.00. The molecule has 0 spiro atoms. The molecule has 11 heavy (non-hydrogen) atoms. The van der Waals surface area contributed by atoms with E-state index in [9.17, 15) is 0 Å². The second-order valence-corrected chi connectivity index (χ2v) is 5.17. The highest BCUT2D eigenvalue weighted by Gasteiger charge is 2.16. The lowest BCUT2D eigenvalue weighted by Gasteiger charge is -2.21. The molecule has 0 aliphatic carbocycles. The van der Waals surface area contributed by atoms with Crippen LogP contribution >= 0.6 is 11.8 Å². The van der Waals surface area contributed by atoms with Gasteiger partial charge in [0, 0.05) is 5.54 Å². The van der Waals surface area contributed by atoms with Crippen LogP contribution in [0.4, 0.5) is 0 Å². The number of hydrogen-bond acceptors (Lipinski definition) is 3. The Bertz CT molecular complexity index is 104. The average Bonchev–Trinajstić information content (AvgIpc) is 1.87. The van der Waals surface area contributed by atoms with Crippen LogP contribution in [0.15, 0.2) is 0 Å². The van der Waals surface area contributed by atoms with Crippen LogP contribution in [0.1, 0.15) is 27.2 Å². The quantitative estimate of drug-likeness (QED) is 0.664. The van der Waals surface area contributed by atoms with Crippen LogP contribution < -0.4 is 5.73 Å². The Morgan fingerprint density at radius 1 is 1.55 bits per heavy atom. The van der Waals surface area contributed by atoms with E-state index in [0.29, 0.717) is 5.25 Å². The molecule has 0 fully saturated rings. The first-order valence-electron chi connectivity index (χ1n) is 3.99. The van der Waals surface area contributed by atoms with Crippen LogP contribution in [-0.2, 0) is 0 Å². The molecule has 0 saturated heterocycles. The third-order valence-electron chi connectivity index (χ3n) is 1.49. The van der Waals surface area contributed by atoms with Crippen molar-refractivity contribution in [2.45, 2.75) is 38.0 Å². The Labute approximate surface area is 73.6 Å². The van der Waals surface area contributed by atoms with Crippen molar-refractivity contribution < 1.29 is 5.11 Å². The van der Waals surface area contributed by atoms with Crippen molar-refractivity contribution in [2.75, 3.05) is 12.4 Å². The van der Waals surface area contributed by atoms with Gasteiger partial charge in [-0.3, -0.25) is 0 Å². The van der Waals surface area contributed by atoms with Gasteiger partial charge < -0.3 is 10.8 Å². The highest BCUT2D eigenvalue weighted by molar-refractivity contribution is 7.99. The van der Waals surface area contributed by atoms with E-state index < -0.39 is 0 Å². The van der Waals surface area contributed by atoms with Crippen molar-refractivity contribution in [2.24, 2.45) is 5.73 Å². The highest BCUT2D eigenvalue weighted by Crippen LogP contribution is 2.14. The van der Waals surface area contributed by atoms with Gasteiger partial charge in [-0.1, -0.05) is 13.8 Å². The molecule has 0 bridgehead atoms. The minimum atomic E-state index is -0.387. The van der Waals surface area contributed by atoms with Gasteiger partial charge in [0.1, 0.15) is 0 Å². The molecule has 0 heterocycles. The fourth-order valence-corrected chi connectivity index (χ4v) is 1.66. The summed E-state index contributed by atoms with van der Waals surface area (Å²) in [6.45, 7) is 6.29.